The summed E-state index contributed by atoms with van der Waals surface area (Å²) in [4.78, 5) is 0. The molecule has 0 amide bonds. The van der Waals surface area contributed by atoms with E-state index in [1.807, 2.05) is 6.92 Å². The zero-order valence-electron chi connectivity index (χ0n) is 15.7. The molecule has 0 aliphatic rings. The molecule has 0 radical (unpaired) electrons. The summed E-state index contributed by atoms with van der Waals surface area (Å²) >= 11 is -5.16. The van der Waals surface area contributed by atoms with Crippen LogP contribution in [0.3, 0.4) is 0 Å². The van der Waals surface area contributed by atoms with Crippen molar-refractivity contribution >= 4 is 9.05 Å². The molecule has 0 heterocycles. The van der Waals surface area contributed by atoms with E-state index in [9.17, 15) is 6.37 Å². The van der Waals surface area contributed by atoms with Crippen molar-refractivity contribution in [2.24, 2.45) is 0 Å². The van der Waals surface area contributed by atoms with Crippen molar-refractivity contribution in [1.82, 2.24) is 0 Å². The van der Waals surface area contributed by atoms with Crippen LogP contribution >= 0.6 is 0 Å². The van der Waals surface area contributed by atoms with Crippen LogP contribution in [0.1, 0.15) is 72.6 Å². The molecule has 0 saturated carbocycles. The van der Waals surface area contributed by atoms with Crippen LogP contribution in [0.25, 0.3) is 0 Å². The molecule has 0 saturated heterocycles. The number of hydrogen-bond acceptors (Lipinski definition) is 7. The van der Waals surface area contributed by atoms with E-state index in [1.165, 1.54) is 0 Å². The molecule has 0 aliphatic carbocycles. The maximum absolute atomic E-state index is 10.2. The van der Waals surface area contributed by atoms with Gasteiger partial charge in [0.1, 0.15) is 0 Å². The van der Waals surface area contributed by atoms with Gasteiger partial charge in [-0.1, -0.05) is 0 Å². The summed E-state index contributed by atoms with van der Waals surface area (Å²) in [5.74, 6) is 0. The standard InChI is InChI=1S/C12H27O4Si.C3H7O.2H2O.Zr/c1-4-7-10-14-17(13,15-11-8-5-2)16-12-9-6-3;1-2-3-4;;;/h4-12H2,1-3H3;2-3H2,1H3;2*1H2;/q2*-1;;;+4/p-2. The fourth-order valence-electron chi connectivity index (χ4n) is 1.67. The zero-order valence-corrected chi connectivity index (χ0v) is 19.2. The molecule has 146 valence electrons. The average molecular weight is 448 g/mol. The Kier molecular flexibility index (Phi) is 15.4. The SMILES string of the molecule is CCCCO[Si](OCCCC)(OCCCC)[O][Zr]([OH])([OH])[O]CCC. The van der Waals surface area contributed by atoms with Gasteiger partial charge in [-0.3, -0.25) is 0 Å². The number of unbranched alkanes of at least 4 members (excludes halogenated alkanes) is 3. The second-order valence-corrected chi connectivity index (χ2v) is 12.6. The summed E-state index contributed by atoms with van der Waals surface area (Å²) in [6.07, 6.45) is 5.99. The molecule has 0 aromatic rings. The number of rotatable bonds is 17. The molecular formula is C15H36O7SiZr. The Morgan fingerprint density at radius 3 is 1.42 bits per heavy atom. The van der Waals surface area contributed by atoms with E-state index in [1.54, 1.807) is 0 Å². The third-order valence-electron chi connectivity index (χ3n) is 3.08. The molecule has 7 nitrogen and oxygen atoms in total. The monoisotopic (exact) mass is 446 g/mol. The van der Waals surface area contributed by atoms with Crippen molar-refractivity contribution < 1.29 is 47.0 Å². The topological polar surface area (TPSA) is 86.6 Å². The van der Waals surface area contributed by atoms with Gasteiger partial charge >= 0.3 is 155 Å². The van der Waals surface area contributed by atoms with E-state index in [4.69, 9.17) is 18.6 Å². The van der Waals surface area contributed by atoms with E-state index in [0.29, 0.717) is 26.2 Å². The summed E-state index contributed by atoms with van der Waals surface area (Å²) in [7, 11) is -3.62. The quantitative estimate of drug-likeness (QED) is 0.262. The molecule has 0 spiro atoms. The molecule has 0 aliphatic heterocycles. The second-order valence-electron chi connectivity index (χ2n) is 5.61. The summed E-state index contributed by atoms with van der Waals surface area (Å²) in [5.41, 5.74) is 0. The molecule has 0 rings (SSSR count). The van der Waals surface area contributed by atoms with E-state index in [2.05, 4.69) is 20.8 Å². The van der Waals surface area contributed by atoms with E-state index < -0.39 is 31.1 Å². The summed E-state index contributed by atoms with van der Waals surface area (Å²) < 4.78 is 48.4. The Balaban J connectivity index is 5.02. The normalized spacial score (nSPS) is 12.8. The van der Waals surface area contributed by atoms with Crippen LogP contribution in [-0.4, -0.2) is 41.8 Å². The van der Waals surface area contributed by atoms with Crippen LogP contribution in [0.5, 0.6) is 0 Å². The summed E-state index contributed by atoms with van der Waals surface area (Å²) in [6, 6.07) is 0. The molecular weight excluding hydrogens is 411 g/mol. The first-order chi connectivity index (χ1) is 11.4. The van der Waals surface area contributed by atoms with Gasteiger partial charge in [0.2, 0.25) is 0 Å². The number of hydrogen-bond donors (Lipinski definition) is 2. The van der Waals surface area contributed by atoms with Crippen LogP contribution in [0.4, 0.5) is 0 Å². The summed E-state index contributed by atoms with van der Waals surface area (Å²) in [5, 5.41) is 0. The molecule has 24 heavy (non-hydrogen) atoms. The van der Waals surface area contributed by atoms with Crippen molar-refractivity contribution in [2.75, 3.05) is 26.4 Å². The molecule has 0 bridgehead atoms. The van der Waals surface area contributed by atoms with Gasteiger partial charge in [0.15, 0.2) is 0 Å². The van der Waals surface area contributed by atoms with Gasteiger partial charge in [0, 0.05) is 0 Å². The Labute approximate surface area is 155 Å². The Morgan fingerprint density at radius 1 is 0.667 bits per heavy atom. The first-order valence-electron chi connectivity index (χ1n) is 9.16. The molecule has 9 heteroatoms. The minimum absolute atomic E-state index is 0.229. The first-order valence-corrected chi connectivity index (χ1v) is 15.0. The molecule has 0 aromatic heterocycles. The average Bonchev–Trinajstić information content (AvgIpc) is 2.53. The van der Waals surface area contributed by atoms with Crippen molar-refractivity contribution in [3.8, 4) is 0 Å². The molecule has 2 N–H and O–H groups in total. The van der Waals surface area contributed by atoms with Crippen LogP contribution in [0, 0.1) is 0 Å². The van der Waals surface area contributed by atoms with Crippen molar-refractivity contribution in [3.05, 3.63) is 0 Å². The molecule has 0 atom stereocenters. The minimum atomic E-state index is -5.16. The van der Waals surface area contributed by atoms with Crippen LogP contribution in [0.15, 0.2) is 0 Å². The zero-order chi connectivity index (χ0) is 18.3. The maximum atomic E-state index is 10.2. The van der Waals surface area contributed by atoms with Crippen LogP contribution < -0.4 is 0 Å². The Hall–Kier alpha value is 0.820. The molecule has 0 unspecified atom stereocenters. The predicted molar refractivity (Wildman–Crippen MR) is 90.1 cm³/mol. The van der Waals surface area contributed by atoms with Crippen LogP contribution in [0.2, 0.25) is 0 Å². The van der Waals surface area contributed by atoms with Gasteiger partial charge in [0.05, 0.1) is 0 Å². The van der Waals surface area contributed by atoms with Crippen LogP contribution in [-0.2, 0) is 40.6 Å². The van der Waals surface area contributed by atoms with Gasteiger partial charge in [-0.25, -0.2) is 0 Å². The van der Waals surface area contributed by atoms with Gasteiger partial charge < -0.3 is 0 Å². The van der Waals surface area contributed by atoms with Gasteiger partial charge in [-0.2, -0.15) is 0 Å². The van der Waals surface area contributed by atoms with E-state index >= 15 is 0 Å². The van der Waals surface area contributed by atoms with Crippen molar-refractivity contribution in [3.63, 3.8) is 0 Å². The molecule has 0 fully saturated rings. The Bertz CT molecular complexity index is 268. The fraction of sp³-hybridized carbons (Fsp3) is 1.00. The van der Waals surface area contributed by atoms with E-state index in [-0.39, 0.29) is 6.61 Å². The fourth-order valence-corrected chi connectivity index (χ4v) is 8.95. The Morgan fingerprint density at radius 2 is 1.08 bits per heavy atom. The predicted octanol–water partition coefficient (Wildman–Crippen LogP) is 3.11. The van der Waals surface area contributed by atoms with Crippen molar-refractivity contribution in [2.45, 2.75) is 72.6 Å². The van der Waals surface area contributed by atoms with Gasteiger partial charge in [0.25, 0.3) is 0 Å². The van der Waals surface area contributed by atoms with Gasteiger partial charge in [-0.15, -0.1) is 0 Å². The third-order valence-corrected chi connectivity index (χ3v) is 10.5. The molecule has 0 aromatic carbocycles. The van der Waals surface area contributed by atoms with Gasteiger partial charge in [-0.05, 0) is 0 Å². The van der Waals surface area contributed by atoms with E-state index in [0.717, 1.165) is 38.5 Å². The first kappa shape index (κ1) is 24.8. The van der Waals surface area contributed by atoms with Crippen molar-refractivity contribution in [1.29, 1.82) is 0 Å². The second kappa shape index (κ2) is 14.9. The summed E-state index contributed by atoms with van der Waals surface area (Å²) in [6.45, 7) is 9.47. The third kappa shape index (κ3) is 12.2.